The molecule has 0 aliphatic rings. The lowest BCUT2D eigenvalue weighted by atomic mass is 10.2. The van der Waals surface area contributed by atoms with Crippen LogP contribution in [0.1, 0.15) is 16.1 Å². The highest BCUT2D eigenvalue weighted by Crippen LogP contribution is 2.09. The number of halogens is 3. The summed E-state index contributed by atoms with van der Waals surface area (Å²) in [5.74, 6) is -1.71. The summed E-state index contributed by atoms with van der Waals surface area (Å²) in [6.45, 7) is -0.146. The molecule has 2 aromatic rings. The second kappa shape index (κ2) is 5.71. The highest BCUT2D eigenvalue weighted by atomic mass is 35.5. The van der Waals surface area contributed by atoms with E-state index in [0.717, 1.165) is 18.2 Å². The lowest BCUT2D eigenvalue weighted by molar-refractivity contribution is 0.0944. The van der Waals surface area contributed by atoms with Gasteiger partial charge in [0.05, 0.1) is 0 Å². The number of nitrogens with one attached hydrogen (secondary N) is 1. The van der Waals surface area contributed by atoms with Crippen LogP contribution >= 0.6 is 11.6 Å². The molecule has 0 fully saturated rings. The average Bonchev–Trinajstić information content (AvgIpc) is 2.40. The molecule has 1 amide bonds. The molecule has 0 saturated carbocycles. The molecule has 0 aliphatic heterocycles. The molecule has 4 nitrogen and oxygen atoms in total. The molecule has 1 aromatic carbocycles. The molecule has 1 aromatic heterocycles. The smallest absolute Gasteiger partial charge is 0.272 e. The molecule has 0 aliphatic carbocycles. The first kappa shape index (κ1) is 13.4. The Balaban J connectivity index is 2.04. The van der Waals surface area contributed by atoms with Gasteiger partial charge in [0, 0.05) is 12.1 Å². The van der Waals surface area contributed by atoms with Gasteiger partial charge in [0.2, 0.25) is 0 Å². The van der Waals surface area contributed by atoms with Crippen molar-refractivity contribution in [3.63, 3.8) is 0 Å². The van der Waals surface area contributed by atoms with Crippen LogP contribution in [0.5, 0.6) is 0 Å². The lowest BCUT2D eigenvalue weighted by Crippen LogP contribution is -2.24. The van der Waals surface area contributed by atoms with Crippen LogP contribution in [0.4, 0.5) is 8.78 Å². The molecule has 0 bridgehead atoms. The van der Waals surface area contributed by atoms with Crippen molar-refractivity contribution in [1.82, 2.24) is 15.5 Å². The predicted octanol–water partition coefficient (Wildman–Crippen LogP) is 2.34. The SMILES string of the molecule is O=C(NCc1cc(F)ccc1F)c1ccc(Cl)nn1. The van der Waals surface area contributed by atoms with Gasteiger partial charge in [-0.05, 0) is 30.3 Å². The highest BCUT2D eigenvalue weighted by Gasteiger charge is 2.10. The van der Waals surface area contributed by atoms with E-state index in [1.807, 2.05) is 0 Å². The van der Waals surface area contributed by atoms with E-state index >= 15 is 0 Å². The first-order valence-electron chi connectivity index (χ1n) is 5.27. The van der Waals surface area contributed by atoms with E-state index in [-0.39, 0.29) is 23.0 Å². The largest absolute Gasteiger partial charge is 0.346 e. The number of hydrogen-bond donors (Lipinski definition) is 1. The first-order valence-corrected chi connectivity index (χ1v) is 5.65. The number of amides is 1. The van der Waals surface area contributed by atoms with Crippen molar-refractivity contribution in [1.29, 1.82) is 0 Å². The van der Waals surface area contributed by atoms with E-state index in [1.54, 1.807) is 0 Å². The fourth-order valence-electron chi connectivity index (χ4n) is 1.38. The van der Waals surface area contributed by atoms with Gasteiger partial charge in [0.15, 0.2) is 10.8 Å². The predicted molar refractivity (Wildman–Crippen MR) is 64.6 cm³/mol. The van der Waals surface area contributed by atoms with Gasteiger partial charge in [-0.1, -0.05) is 11.6 Å². The van der Waals surface area contributed by atoms with Gasteiger partial charge in [-0.15, -0.1) is 10.2 Å². The third kappa shape index (κ3) is 3.45. The number of hydrogen-bond acceptors (Lipinski definition) is 3. The number of benzene rings is 1. The van der Waals surface area contributed by atoms with Crippen LogP contribution in [-0.2, 0) is 6.54 Å². The van der Waals surface area contributed by atoms with E-state index in [9.17, 15) is 13.6 Å². The molecule has 0 unspecified atom stereocenters. The summed E-state index contributed by atoms with van der Waals surface area (Å²) in [5.41, 5.74) is 0.0940. The van der Waals surface area contributed by atoms with Crippen LogP contribution in [0.2, 0.25) is 5.15 Å². The normalized spacial score (nSPS) is 10.3. The summed E-state index contributed by atoms with van der Waals surface area (Å²) in [5, 5.41) is 9.65. The second-order valence-electron chi connectivity index (χ2n) is 3.66. The maximum Gasteiger partial charge on any atom is 0.272 e. The molecular weight excluding hydrogens is 276 g/mol. The van der Waals surface area contributed by atoms with E-state index in [2.05, 4.69) is 15.5 Å². The zero-order valence-electron chi connectivity index (χ0n) is 9.53. The topological polar surface area (TPSA) is 54.9 Å². The highest BCUT2D eigenvalue weighted by molar-refractivity contribution is 6.29. The molecule has 19 heavy (non-hydrogen) atoms. The molecule has 1 N–H and O–H groups in total. The standard InChI is InChI=1S/C12H8ClF2N3O/c13-11-4-3-10(17-18-11)12(19)16-6-7-5-8(14)1-2-9(7)15/h1-5H,6H2,(H,16,19). The minimum absolute atomic E-state index is 0.0428. The summed E-state index contributed by atoms with van der Waals surface area (Å²) >= 11 is 5.53. The van der Waals surface area contributed by atoms with Gasteiger partial charge in [0.1, 0.15) is 11.6 Å². The minimum Gasteiger partial charge on any atom is -0.346 e. The van der Waals surface area contributed by atoms with Gasteiger partial charge in [-0.25, -0.2) is 8.78 Å². The van der Waals surface area contributed by atoms with E-state index in [4.69, 9.17) is 11.6 Å². The number of carbonyl (C=O) groups is 1. The maximum atomic E-state index is 13.3. The number of aromatic nitrogens is 2. The Kier molecular flexibility index (Phi) is 4.01. The van der Waals surface area contributed by atoms with E-state index in [0.29, 0.717) is 0 Å². The average molecular weight is 284 g/mol. The number of nitrogens with zero attached hydrogens (tertiary/aromatic N) is 2. The Morgan fingerprint density at radius 2 is 2.00 bits per heavy atom. The van der Waals surface area contributed by atoms with Crippen LogP contribution < -0.4 is 5.32 Å². The fourth-order valence-corrected chi connectivity index (χ4v) is 1.48. The monoisotopic (exact) mass is 283 g/mol. The fraction of sp³-hybridized carbons (Fsp3) is 0.0833. The molecule has 0 atom stereocenters. The Morgan fingerprint density at radius 1 is 1.21 bits per heavy atom. The molecule has 7 heteroatoms. The van der Waals surface area contributed by atoms with E-state index < -0.39 is 17.5 Å². The minimum atomic E-state index is -0.594. The molecule has 0 radical (unpaired) electrons. The number of carbonyl (C=O) groups excluding carboxylic acids is 1. The van der Waals surface area contributed by atoms with Gasteiger partial charge in [-0.2, -0.15) is 0 Å². The maximum absolute atomic E-state index is 13.3. The third-order valence-electron chi connectivity index (χ3n) is 2.31. The molecule has 2 rings (SSSR count). The molecule has 98 valence electrons. The molecule has 0 spiro atoms. The summed E-state index contributed by atoms with van der Waals surface area (Å²) in [6.07, 6.45) is 0. The summed E-state index contributed by atoms with van der Waals surface area (Å²) in [4.78, 5) is 11.7. The summed E-state index contributed by atoms with van der Waals surface area (Å²) in [6, 6.07) is 5.81. The van der Waals surface area contributed by atoms with E-state index in [1.165, 1.54) is 12.1 Å². The molecular formula is C12H8ClF2N3O. The van der Waals surface area contributed by atoms with Crippen LogP contribution in [0.25, 0.3) is 0 Å². The quantitative estimate of drug-likeness (QED) is 0.941. The first-order chi connectivity index (χ1) is 9.06. The summed E-state index contributed by atoms with van der Waals surface area (Å²) < 4.78 is 26.2. The Bertz CT molecular complexity index is 604. The Hall–Kier alpha value is -2.08. The van der Waals surface area contributed by atoms with Crippen LogP contribution in [0.3, 0.4) is 0 Å². The summed E-state index contributed by atoms with van der Waals surface area (Å²) in [7, 11) is 0. The zero-order valence-corrected chi connectivity index (χ0v) is 10.3. The molecule has 1 heterocycles. The van der Waals surface area contributed by atoms with Crippen LogP contribution in [-0.4, -0.2) is 16.1 Å². The van der Waals surface area contributed by atoms with Crippen LogP contribution in [0.15, 0.2) is 30.3 Å². The van der Waals surface area contributed by atoms with Crippen molar-refractivity contribution in [3.8, 4) is 0 Å². The Labute approximate surface area is 112 Å². The van der Waals surface area contributed by atoms with Crippen molar-refractivity contribution in [3.05, 3.63) is 58.4 Å². The van der Waals surface area contributed by atoms with Gasteiger partial charge < -0.3 is 5.32 Å². The second-order valence-corrected chi connectivity index (χ2v) is 4.05. The van der Waals surface area contributed by atoms with Crippen molar-refractivity contribution in [2.75, 3.05) is 0 Å². The van der Waals surface area contributed by atoms with Gasteiger partial charge >= 0.3 is 0 Å². The third-order valence-corrected chi connectivity index (χ3v) is 2.51. The molecule has 0 saturated heterocycles. The zero-order chi connectivity index (χ0) is 13.8. The van der Waals surface area contributed by atoms with Gasteiger partial charge in [-0.3, -0.25) is 4.79 Å². The van der Waals surface area contributed by atoms with Crippen molar-refractivity contribution in [2.24, 2.45) is 0 Å². The van der Waals surface area contributed by atoms with Gasteiger partial charge in [0.25, 0.3) is 5.91 Å². The lowest BCUT2D eigenvalue weighted by Gasteiger charge is -2.05. The number of rotatable bonds is 3. The van der Waals surface area contributed by atoms with Crippen molar-refractivity contribution >= 4 is 17.5 Å². The van der Waals surface area contributed by atoms with Crippen molar-refractivity contribution < 1.29 is 13.6 Å². The Morgan fingerprint density at radius 3 is 2.68 bits per heavy atom. The van der Waals surface area contributed by atoms with Crippen molar-refractivity contribution in [2.45, 2.75) is 6.54 Å². The van der Waals surface area contributed by atoms with Crippen LogP contribution in [0, 0.1) is 11.6 Å².